The van der Waals surface area contributed by atoms with E-state index in [4.69, 9.17) is 4.98 Å². The lowest BCUT2D eigenvalue weighted by atomic mass is 10.2. The number of benzene rings is 1. The summed E-state index contributed by atoms with van der Waals surface area (Å²) in [7, 11) is 0. The lowest BCUT2D eigenvalue weighted by Crippen LogP contribution is -2.43. The van der Waals surface area contributed by atoms with E-state index in [1.54, 1.807) is 0 Å². The molecule has 1 aromatic heterocycles. The minimum absolute atomic E-state index is 0.0845. The van der Waals surface area contributed by atoms with Crippen LogP contribution in [0.25, 0.3) is 10.9 Å². The van der Waals surface area contributed by atoms with Gasteiger partial charge in [0.2, 0.25) is 0 Å². The molecule has 0 aliphatic carbocycles. The van der Waals surface area contributed by atoms with Gasteiger partial charge in [-0.3, -0.25) is 14.3 Å². The lowest BCUT2D eigenvalue weighted by Gasteiger charge is -2.33. The maximum atomic E-state index is 12.5. The van der Waals surface area contributed by atoms with Crippen LogP contribution in [0.4, 0.5) is 0 Å². The largest absolute Gasteiger partial charge is 0.294 e. The molecular weight excluding hydrogens is 318 g/mol. The summed E-state index contributed by atoms with van der Waals surface area (Å²) in [5, 5.41) is 0.703. The minimum atomic E-state index is 0.0845. The molecule has 2 aromatic rings. The number of rotatable bonds is 2. The molecular formula is C15H18BrN3O. The Labute approximate surface area is 126 Å². The third-order valence-corrected chi connectivity index (χ3v) is 4.66. The average molecular weight is 336 g/mol. The van der Waals surface area contributed by atoms with Crippen LogP contribution in [0, 0.1) is 0 Å². The van der Waals surface area contributed by atoms with Crippen LogP contribution in [-0.2, 0) is 13.1 Å². The summed E-state index contributed by atoms with van der Waals surface area (Å²) in [6.07, 6.45) is 1.11. The van der Waals surface area contributed by atoms with E-state index in [9.17, 15) is 4.79 Å². The predicted octanol–water partition coefficient (Wildman–Crippen LogP) is 2.77. The molecule has 0 spiro atoms. The number of nitrogens with zero attached hydrogens (tertiary/aromatic N) is 3. The molecule has 0 saturated heterocycles. The zero-order valence-electron chi connectivity index (χ0n) is 11.8. The van der Waals surface area contributed by atoms with Crippen molar-refractivity contribution in [3.63, 3.8) is 0 Å². The molecule has 1 aliphatic heterocycles. The van der Waals surface area contributed by atoms with Crippen LogP contribution >= 0.6 is 15.9 Å². The maximum absolute atomic E-state index is 12.5. The number of hydrogen-bond donors (Lipinski definition) is 0. The van der Waals surface area contributed by atoms with Crippen LogP contribution in [0.3, 0.4) is 0 Å². The van der Waals surface area contributed by atoms with Crippen molar-refractivity contribution in [1.29, 1.82) is 0 Å². The summed E-state index contributed by atoms with van der Waals surface area (Å²) in [6.45, 7) is 6.83. The van der Waals surface area contributed by atoms with Crippen molar-refractivity contribution in [2.24, 2.45) is 0 Å². The van der Waals surface area contributed by atoms with Crippen LogP contribution in [0.5, 0.6) is 0 Å². The summed E-state index contributed by atoms with van der Waals surface area (Å²) in [4.78, 5) is 19.6. The Hall–Kier alpha value is -1.20. The number of halogens is 1. The summed E-state index contributed by atoms with van der Waals surface area (Å²) in [5.41, 5.74) is 0.864. The van der Waals surface area contributed by atoms with Crippen LogP contribution in [-0.4, -0.2) is 27.0 Å². The highest BCUT2D eigenvalue weighted by Gasteiger charge is 2.22. The van der Waals surface area contributed by atoms with Gasteiger partial charge in [-0.15, -0.1) is 0 Å². The molecule has 0 saturated carbocycles. The Bertz CT molecular complexity index is 710. The summed E-state index contributed by atoms with van der Waals surface area (Å²) >= 11 is 3.44. The van der Waals surface area contributed by atoms with Crippen molar-refractivity contribution in [3.05, 3.63) is 38.9 Å². The van der Waals surface area contributed by atoms with E-state index in [1.807, 2.05) is 22.8 Å². The lowest BCUT2D eigenvalue weighted by molar-refractivity contribution is 0.156. The smallest absolute Gasteiger partial charge is 0.261 e. The highest BCUT2D eigenvalue weighted by atomic mass is 79.9. The van der Waals surface area contributed by atoms with Crippen molar-refractivity contribution >= 4 is 26.8 Å². The predicted molar refractivity (Wildman–Crippen MR) is 83.9 cm³/mol. The first-order valence-corrected chi connectivity index (χ1v) is 7.82. The van der Waals surface area contributed by atoms with E-state index in [1.165, 1.54) is 0 Å². The quantitative estimate of drug-likeness (QED) is 0.846. The van der Waals surface area contributed by atoms with Crippen LogP contribution in [0.2, 0.25) is 0 Å². The molecule has 106 valence electrons. The van der Waals surface area contributed by atoms with Crippen molar-refractivity contribution in [1.82, 2.24) is 14.5 Å². The SMILES string of the molecule is CCC(C)N1CCn2c(nc3cc(Br)ccc3c2=O)C1. The fraction of sp³-hybridized carbons (Fsp3) is 0.467. The molecule has 20 heavy (non-hydrogen) atoms. The monoisotopic (exact) mass is 335 g/mol. The third-order valence-electron chi connectivity index (χ3n) is 4.17. The highest BCUT2D eigenvalue weighted by molar-refractivity contribution is 9.10. The molecule has 1 unspecified atom stereocenters. The van der Waals surface area contributed by atoms with Gasteiger partial charge in [-0.05, 0) is 31.5 Å². The van der Waals surface area contributed by atoms with E-state index in [-0.39, 0.29) is 5.56 Å². The molecule has 0 bridgehead atoms. The van der Waals surface area contributed by atoms with Gasteiger partial charge in [0.25, 0.3) is 5.56 Å². The van der Waals surface area contributed by atoms with Gasteiger partial charge in [0.05, 0.1) is 17.4 Å². The number of hydrogen-bond acceptors (Lipinski definition) is 3. The van der Waals surface area contributed by atoms with Gasteiger partial charge in [-0.1, -0.05) is 22.9 Å². The van der Waals surface area contributed by atoms with Gasteiger partial charge in [-0.25, -0.2) is 4.98 Å². The fourth-order valence-electron chi connectivity index (χ4n) is 2.72. The third kappa shape index (κ3) is 2.29. The standard InChI is InChI=1S/C15H18BrN3O/c1-3-10(2)18-6-7-19-14(9-18)17-13-8-11(16)4-5-12(13)15(19)20/h4-5,8,10H,3,6-7,9H2,1-2H3. The first kappa shape index (κ1) is 13.8. The molecule has 1 aliphatic rings. The highest BCUT2D eigenvalue weighted by Crippen LogP contribution is 2.19. The van der Waals surface area contributed by atoms with E-state index >= 15 is 0 Å². The first-order valence-electron chi connectivity index (χ1n) is 7.03. The number of aromatic nitrogens is 2. The summed E-state index contributed by atoms with van der Waals surface area (Å²) in [5.74, 6) is 0.882. The fourth-order valence-corrected chi connectivity index (χ4v) is 3.06. The van der Waals surface area contributed by atoms with Crippen molar-refractivity contribution in [2.45, 2.75) is 39.4 Å². The second-order valence-corrected chi connectivity index (χ2v) is 6.29. The summed E-state index contributed by atoms with van der Waals surface area (Å²) < 4.78 is 2.78. The Morgan fingerprint density at radius 2 is 2.20 bits per heavy atom. The van der Waals surface area contributed by atoms with Crippen molar-refractivity contribution in [2.75, 3.05) is 6.54 Å². The molecule has 3 rings (SSSR count). The normalized spacial score (nSPS) is 17.1. The molecule has 0 N–H and O–H groups in total. The zero-order valence-corrected chi connectivity index (χ0v) is 13.4. The average Bonchev–Trinajstić information content (AvgIpc) is 2.45. The minimum Gasteiger partial charge on any atom is -0.294 e. The first-order chi connectivity index (χ1) is 9.60. The molecule has 4 nitrogen and oxygen atoms in total. The molecule has 0 radical (unpaired) electrons. The topological polar surface area (TPSA) is 38.1 Å². The van der Waals surface area contributed by atoms with Gasteiger partial charge >= 0.3 is 0 Å². The Morgan fingerprint density at radius 3 is 2.95 bits per heavy atom. The van der Waals surface area contributed by atoms with E-state index in [2.05, 4.69) is 34.7 Å². The van der Waals surface area contributed by atoms with Crippen LogP contribution in [0.15, 0.2) is 27.5 Å². The van der Waals surface area contributed by atoms with Crippen LogP contribution < -0.4 is 5.56 Å². The van der Waals surface area contributed by atoms with Gasteiger partial charge in [0.15, 0.2) is 0 Å². The zero-order chi connectivity index (χ0) is 14.3. The molecule has 0 amide bonds. The maximum Gasteiger partial charge on any atom is 0.261 e. The van der Waals surface area contributed by atoms with Gasteiger partial charge in [-0.2, -0.15) is 0 Å². The molecule has 0 fully saturated rings. The van der Waals surface area contributed by atoms with Gasteiger partial charge < -0.3 is 0 Å². The van der Waals surface area contributed by atoms with E-state index in [0.29, 0.717) is 11.4 Å². The van der Waals surface area contributed by atoms with E-state index in [0.717, 1.165) is 41.9 Å². The second-order valence-electron chi connectivity index (χ2n) is 5.37. The molecule has 5 heteroatoms. The second kappa shape index (κ2) is 5.30. The molecule has 1 atom stereocenters. The number of fused-ring (bicyclic) bond motifs is 2. The van der Waals surface area contributed by atoms with Crippen molar-refractivity contribution < 1.29 is 0 Å². The Morgan fingerprint density at radius 1 is 1.40 bits per heavy atom. The van der Waals surface area contributed by atoms with Gasteiger partial charge in [0.1, 0.15) is 5.82 Å². The Balaban J connectivity index is 2.10. The van der Waals surface area contributed by atoms with Gasteiger partial charge in [0, 0.05) is 23.6 Å². The molecule has 1 aromatic carbocycles. The Kier molecular flexibility index (Phi) is 3.65. The molecule has 2 heterocycles. The van der Waals surface area contributed by atoms with E-state index < -0.39 is 0 Å². The summed E-state index contributed by atoms with van der Waals surface area (Å²) in [6, 6.07) is 6.19. The van der Waals surface area contributed by atoms with Crippen molar-refractivity contribution in [3.8, 4) is 0 Å². The van der Waals surface area contributed by atoms with Crippen LogP contribution in [0.1, 0.15) is 26.1 Å².